The summed E-state index contributed by atoms with van der Waals surface area (Å²) in [5, 5.41) is 10.2. The Morgan fingerprint density at radius 3 is 2.43 bits per heavy atom. The SMILES string of the molecule is COc1cc2c(c3c1Oc1cc4c(cc1O3)C(=O)N(C)CC4)C(Cc1ccc(Oc3cc(C=O)ccc3O)cc1)N(C)CC2. The van der Waals surface area contributed by atoms with Crippen molar-refractivity contribution >= 4 is 12.2 Å². The van der Waals surface area contributed by atoms with Gasteiger partial charge in [-0.25, -0.2) is 0 Å². The van der Waals surface area contributed by atoms with E-state index in [0.29, 0.717) is 64.9 Å². The smallest absolute Gasteiger partial charge is 0.254 e. The molecule has 3 aliphatic heterocycles. The molecule has 4 aromatic rings. The molecule has 4 aromatic carbocycles. The molecule has 0 aliphatic carbocycles. The number of aromatic hydroxyl groups is 1. The second-order valence-corrected chi connectivity index (χ2v) is 11.5. The summed E-state index contributed by atoms with van der Waals surface area (Å²) < 4.78 is 24.7. The highest BCUT2D eigenvalue weighted by atomic mass is 16.6. The number of ether oxygens (including phenoxy) is 4. The Morgan fingerprint density at radius 2 is 1.66 bits per heavy atom. The number of amides is 1. The van der Waals surface area contributed by atoms with Gasteiger partial charge in [-0.15, -0.1) is 0 Å². The fourth-order valence-corrected chi connectivity index (χ4v) is 6.25. The molecule has 9 nitrogen and oxygen atoms in total. The van der Waals surface area contributed by atoms with Crippen molar-refractivity contribution in [3.63, 3.8) is 0 Å². The quantitative estimate of drug-likeness (QED) is 0.229. The normalized spacial score (nSPS) is 16.9. The van der Waals surface area contributed by atoms with Crippen LogP contribution in [-0.4, -0.2) is 61.4 Å². The van der Waals surface area contributed by atoms with E-state index in [9.17, 15) is 14.7 Å². The number of likely N-dealkylation sites (N-methyl/N-ethyl adjacent to an activating group) is 2. The first-order valence-electron chi connectivity index (χ1n) is 14.6. The Hall–Kier alpha value is -5.02. The predicted octanol–water partition coefficient (Wildman–Crippen LogP) is 6.30. The molecule has 0 radical (unpaired) electrons. The van der Waals surface area contributed by atoms with Gasteiger partial charge in [0.1, 0.15) is 12.0 Å². The molecule has 3 heterocycles. The number of methoxy groups -OCH3 is 1. The molecule has 44 heavy (non-hydrogen) atoms. The van der Waals surface area contributed by atoms with Gasteiger partial charge in [-0.3, -0.25) is 14.5 Å². The molecule has 1 N–H and O–H groups in total. The van der Waals surface area contributed by atoms with Gasteiger partial charge in [-0.1, -0.05) is 12.1 Å². The average molecular weight is 593 g/mol. The summed E-state index contributed by atoms with van der Waals surface area (Å²) in [7, 11) is 5.55. The standard InChI is InChI=1S/C35H32N2O7/c1-36-12-11-23-17-31(41-3)33-34(44-30-18-25-22(16-29(30)43-33)10-13-37(2)35(25)40)32(23)26(36)14-20-4-7-24(8-5-20)42-28-15-21(19-38)6-9-27(28)39/h4-9,15-19,26,39H,10-14H2,1-3H3. The van der Waals surface area contributed by atoms with Crippen molar-refractivity contribution in [3.05, 3.63) is 94.0 Å². The Labute approximate surface area is 255 Å². The molecular formula is C35H32N2O7. The highest BCUT2D eigenvalue weighted by Gasteiger charge is 2.36. The van der Waals surface area contributed by atoms with Crippen molar-refractivity contribution in [2.24, 2.45) is 0 Å². The minimum absolute atomic E-state index is 0.0194. The van der Waals surface area contributed by atoms with Crippen LogP contribution in [-0.2, 0) is 19.3 Å². The zero-order valence-electron chi connectivity index (χ0n) is 24.8. The maximum absolute atomic E-state index is 12.9. The molecular weight excluding hydrogens is 560 g/mol. The van der Waals surface area contributed by atoms with Gasteiger partial charge in [0.25, 0.3) is 5.91 Å². The van der Waals surface area contributed by atoms with E-state index in [1.165, 1.54) is 18.2 Å². The van der Waals surface area contributed by atoms with Gasteiger partial charge in [0.15, 0.2) is 34.5 Å². The lowest BCUT2D eigenvalue weighted by molar-refractivity contribution is 0.0780. The Morgan fingerprint density at radius 1 is 0.909 bits per heavy atom. The summed E-state index contributed by atoms with van der Waals surface area (Å²) in [6.07, 6.45) is 2.98. The summed E-state index contributed by atoms with van der Waals surface area (Å²) >= 11 is 0. The molecule has 224 valence electrons. The summed E-state index contributed by atoms with van der Waals surface area (Å²) in [5.41, 5.74) is 5.27. The van der Waals surface area contributed by atoms with Crippen molar-refractivity contribution < 1.29 is 33.6 Å². The number of benzene rings is 4. The molecule has 1 unspecified atom stereocenters. The lowest BCUT2D eigenvalue weighted by Gasteiger charge is -2.38. The second-order valence-electron chi connectivity index (χ2n) is 11.5. The van der Waals surface area contributed by atoms with Crippen LogP contribution in [0.5, 0.6) is 46.0 Å². The lowest BCUT2D eigenvalue weighted by Crippen LogP contribution is -2.34. The summed E-state index contributed by atoms with van der Waals surface area (Å²) in [5.74, 6) is 3.57. The van der Waals surface area contributed by atoms with Gasteiger partial charge in [0, 0.05) is 42.9 Å². The number of hydrogen-bond acceptors (Lipinski definition) is 8. The van der Waals surface area contributed by atoms with Gasteiger partial charge < -0.3 is 29.0 Å². The van der Waals surface area contributed by atoms with Crippen LogP contribution in [0.1, 0.15) is 49.0 Å². The topological polar surface area (TPSA) is 97.8 Å². The number of phenolic OH excluding ortho intramolecular Hbond substituents is 1. The zero-order valence-corrected chi connectivity index (χ0v) is 24.8. The molecule has 0 bridgehead atoms. The van der Waals surface area contributed by atoms with E-state index in [-0.39, 0.29) is 23.4 Å². The second kappa shape index (κ2) is 10.9. The predicted molar refractivity (Wildman–Crippen MR) is 163 cm³/mol. The highest BCUT2D eigenvalue weighted by Crippen LogP contribution is 2.56. The number of rotatable bonds is 6. The largest absolute Gasteiger partial charge is 0.504 e. The lowest BCUT2D eigenvalue weighted by atomic mass is 9.87. The van der Waals surface area contributed by atoms with Crippen LogP contribution in [0.15, 0.2) is 60.7 Å². The van der Waals surface area contributed by atoms with Gasteiger partial charge in [0.05, 0.1) is 7.11 Å². The third kappa shape index (κ3) is 4.79. The van der Waals surface area contributed by atoms with Crippen LogP contribution >= 0.6 is 0 Å². The fraction of sp³-hybridized carbons (Fsp3) is 0.257. The van der Waals surface area contributed by atoms with Gasteiger partial charge in [0.2, 0.25) is 5.75 Å². The van der Waals surface area contributed by atoms with Crippen LogP contribution in [0.2, 0.25) is 0 Å². The van der Waals surface area contributed by atoms with Crippen LogP contribution in [0.3, 0.4) is 0 Å². The highest BCUT2D eigenvalue weighted by molar-refractivity contribution is 5.97. The van der Waals surface area contributed by atoms with Crippen molar-refractivity contribution in [3.8, 4) is 46.0 Å². The molecule has 1 atom stereocenters. The average Bonchev–Trinajstić information content (AvgIpc) is 3.04. The van der Waals surface area contributed by atoms with Gasteiger partial charge in [-0.2, -0.15) is 0 Å². The number of nitrogens with zero attached hydrogens (tertiary/aromatic N) is 2. The minimum atomic E-state index is -0.0407. The number of fused-ring (bicyclic) bond motifs is 5. The van der Waals surface area contributed by atoms with Gasteiger partial charge >= 0.3 is 0 Å². The Bertz CT molecular complexity index is 1800. The number of phenols is 1. The number of hydrogen-bond donors (Lipinski definition) is 1. The Balaban J connectivity index is 1.21. The monoisotopic (exact) mass is 592 g/mol. The molecule has 0 saturated carbocycles. The number of aldehydes is 1. The molecule has 0 fully saturated rings. The van der Waals surface area contributed by atoms with E-state index in [0.717, 1.165) is 41.6 Å². The molecule has 7 rings (SSSR count). The van der Waals surface area contributed by atoms with Crippen molar-refractivity contribution in [2.45, 2.75) is 25.3 Å². The zero-order chi connectivity index (χ0) is 30.5. The molecule has 0 aromatic heterocycles. The van der Waals surface area contributed by atoms with E-state index in [1.807, 2.05) is 37.4 Å². The van der Waals surface area contributed by atoms with Crippen LogP contribution in [0.25, 0.3) is 0 Å². The van der Waals surface area contributed by atoms with Crippen LogP contribution in [0.4, 0.5) is 0 Å². The fourth-order valence-electron chi connectivity index (χ4n) is 6.25. The van der Waals surface area contributed by atoms with E-state index in [4.69, 9.17) is 18.9 Å². The minimum Gasteiger partial charge on any atom is -0.504 e. The summed E-state index contributed by atoms with van der Waals surface area (Å²) in [4.78, 5) is 28.1. The number of carbonyl (C=O) groups is 2. The Kier molecular flexibility index (Phi) is 6.89. The van der Waals surface area contributed by atoms with Gasteiger partial charge in [-0.05, 0) is 91.5 Å². The van der Waals surface area contributed by atoms with Crippen molar-refractivity contribution in [1.29, 1.82) is 0 Å². The first-order chi connectivity index (χ1) is 21.3. The summed E-state index contributed by atoms with van der Waals surface area (Å²) in [6.45, 7) is 1.52. The summed E-state index contributed by atoms with van der Waals surface area (Å²) in [6, 6.07) is 17.9. The van der Waals surface area contributed by atoms with Crippen molar-refractivity contribution in [2.75, 3.05) is 34.3 Å². The van der Waals surface area contributed by atoms with E-state index >= 15 is 0 Å². The first kappa shape index (κ1) is 27.8. The molecule has 0 saturated heterocycles. The van der Waals surface area contributed by atoms with Crippen LogP contribution in [0, 0.1) is 0 Å². The third-order valence-electron chi connectivity index (χ3n) is 8.73. The maximum Gasteiger partial charge on any atom is 0.254 e. The van der Waals surface area contributed by atoms with Crippen LogP contribution < -0.4 is 18.9 Å². The van der Waals surface area contributed by atoms with E-state index < -0.39 is 0 Å². The maximum atomic E-state index is 12.9. The molecule has 0 spiro atoms. The number of carbonyl (C=O) groups excluding carboxylic acids is 2. The molecule has 1 amide bonds. The van der Waals surface area contributed by atoms with E-state index in [2.05, 4.69) is 18.0 Å². The molecule has 3 aliphatic rings. The third-order valence-corrected chi connectivity index (χ3v) is 8.73. The molecule has 9 heteroatoms. The van der Waals surface area contributed by atoms with E-state index in [1.54, 1.807) is 18.1 Å². The van der Waals surface area contributed by atoms with Crippen molar-refractivity contribution in [1.82, 2.24) is 9.80 Å². The first-order valence-corrected chi connectivity index (χ1v) is 14.6.